The van der Waals surface area contributed by atoms with Gasteiger partial charge in [-0.25, -0.2) is 18.2 Å². The normalized spacial score (nSPS) is 29.8. The van der Waals surface area contributed by atoms with Gasteiger partial charge in [0.2, 0.25) is 27.7 Å². The Bertz CT molecular complexity index is 1790. The second kappa shape index (κ2) is 14.8. The Balaban J connectivity index is 1.16. The van der Waals surface area contributed by atoms with Crippen molar-refractivity contribution in [1.82, 2.24) is 25.2 Å². The fourth-order valence-electron chi connectivity index (χ4n) is 7.31. The molecule has 2 aromatic rings. The first-order chi connectivity index (χ1) is 24.6. The Kier molecular flexibility index (Phi) is 10.2. The van der Waals surface area contributed by atoms with Crippen molar-refractivity contribution in [1.29, 1.82) is 0 Å². The number of aromatic nitrogens is 1. The second-order valence-electron chi connectivity index (χ2n) is 14.2. The van der Waals surface area contributed by atoms with Crippen molar-refractivity contribution < 1.29 is 41.8 Å². The molecule has 0 bridgehead atoms. The van der Waals surface area contributed by atoms with Gasteiger partial charge in [-0.15, -0.1) is 0 Å². The lowest BCUT2D eigenvalue weighted by Crippen LogP contribution is -2.58. The third-order valence-corrected chi connectivity index (χ3v) is 12.3. The van der Waals surface area contributed by atoms with Gasteiger partial charge < -0.3 is 29.7 Å². The molecule has 0 spiro atoms. The Morgan fingerprint density at radius 2 is 1.80 bits per heavy atom. The number of pyridine rings is 1. The predicted molar refractivity (Wildman–Crippen MR) is 185 cm³/mol. The molecule has 15 heteroatoms. The number of nitrogens with zero attached hydrogens (tertiary/aromatic N) is 2. The molecule has 5 atom stereocenters. The lowest BCUT2D eigenvalue weighted by Gasteiger charge is -2.30. The number of alkyl carbamates (subject to hydrolysis) is 1. The van der Waals surface area contributed by atoms with Crippen LogP contribution in [-0.2, 0) is 33.9 Å². The summed E-state index contributed by atoms with van der Waals surface area (Å²) in [6.45, 7) is 0.992. The molecule has 7 rings (SSSR count). The van der Waals surface area contributed by atoms with E-state index in [1.54, 1.807) is 6.20 Å². The molecule has 3 N–H and O–H groups in total. The molecule has 3 aliphatic heterocycles. The molecule has 4 heterocycles. The second-order valence-corrected chi connectivity index (χ2v) is 16.2. The van der Waals surface area contributed by atoms with E-state index in [0.29, 0.717) is 64.0 Å². The van der Waals surface area contributed by atoms with Crippen molar-refractivity contribution in [2.75, 3.05) is 19.8 Å². The van der Waals surface area contributed by atoms with Crippen LogP contribution in [0, 0.1) is 5.92 Å². The number of nitrogens with one attached hydrogen (secondary N) is 3. The fourth-order valence-corrected chi connectivity index (χ4v) is 8.68. The summed E-state index contributed by atoms with van der Waals surface area (Å²) in [7, 11) is -3.87. The van der Waals surface area contributed by atoms with Crippen LogP contribution in [-0.4, -0.2) is 97.0 Å². The molecule has 4 fully saturated rings. The predicted octanol–water partition coefficient (Wildman–Crippen LogP) is 2.86. The molecule has 1 aromatic carbocycles. The Labute approximate surface area is 297 Å². The summed E-state index contributed by atoms with van der Waals surface area (Å²) in [6.07, 6.45) is 9.44. The van der Waals surface area contributed by atoms with E-state index >= 15 is 0 Å². The van der Waals surface area contributed by atoms with Crippen LogP contribution >= 0.6 is 0 Å². The number of allylic oxidation sites excluding steroid dienone is 1. The van der Waals surface area contributed by atoms with Crippen LogP contribution in [0.5, 0.6) is 5.88 Å². The highest BCUT2D eigenvalue weighted by Crippen LogP contribution is 2.46. The van der Waals surface area contributed by atoms with E-state index in [1.165, 1.54) is 4.90 Å². The molecular weight excluding hydrogens is 678 g/mol. The number of fused-ring (bicyclic) bond motifs is 3. The zero-order valence-electron chi connectivity index (χ0n) is 28.5. The minimum absolute atomic E-state index is 0.0214. The Morgan fingerprint density at radius 1 is 1.00 bits per heavy atom. The van der Waals surface area contributed by atoms with Crippen LogP contribution in [0.25, 0.3) is 10.8 Å². The standard InChI is InChI=1S/C36H45N5O9S/c42-31-30-20-26(49-32-28-10-7-6-8-23(28)14-17-37-32)22-41(30)33(43)29(38-35(45)50-25-15-18-48-19-16-25)11-5-3-1-2-4-9-24-21-36(24,39-31)34(44)40-51(46,47)27-12-13-27/h4,6-10,14,17,24-27,29-30H,1-3,5,11-13,15-16,18-22H2,(H,38,45)(H,39,42)(H,40,44)/b9-4-/t24-,26+,29-,30-,36+/m0/s1. The summed E-state index contributed by atoms with van der Waals surface area (Å²) in [5.41, 5.74) is -1.48. The van der Waals surface area contributed by atoms with Crippen LogP contribution < -0.4 is 20.1 Å². The number of carbonyl (C=O) groups excluding carboxylic acids is 4. The highest BCUT2D eigenvalue weighted by atomic mass is 32.2. The van der Waals surface area contributed by atoms with Crippen LogP contribution in [0.2, 0.25) is 0 Å². The van der Waals surface area contributed by atoms with E-state index < -0.39 is 68.7 Å². The van der Waals surface area contributed by atoms with Gasteiger partial charge >= 0.3 is 6.09 Å². The zero-order chi connectivity index (χ0) is 35.6. The van der Waals surface area contributed by atoms with E-state index in [0.717, 1.165) is 23.6 Å². The van der Waals surface area contributed by atoms with Gasteiger partial charge in [-0.1, -0.05) is 43.2 Å². The molecule has 14 nitrogen and oxygen atoms in total. The minimum Gasteiger partial charge on any atom is -0.472 e. The van der Waals surface area contributed by atoms with Crippen molar-refractivity contribution in [3.63, 3.8) is 0 Å². The van der Waals surface area contributed by atoms with Gasteiger partial charge in [0, 0.05) is 36.8 Å². The summed E-state index contributed by atoms with van der Waals surface area (Å²) >= 11 is 0. The van der Waals surface area contributed by atoms with Gasteiger partial charge in [0.15, 0.2) is 0 Å². The first-order valence-electron chi connectivity index (χ1n) is 18.0. The topological polar surface area (TPSA) is 182 Å². The smallest absolute Gasteiger partial charge is 0.408 e. The van der Waals surface area contributed by atoms with Crippen LogP contribution in [0.4, 0.5) is 4.79 Å². The number of amides is 4. The fraction of sp³-hybridized carbons (Fsp3) is 0.583. The van der Waals surface area contributed by atoms with E-state index in [2.05, 4.69) is 20.3 Å². The summed E-state index contributed by atoms with van der Waals surface area (Å²) in [5, 5.41) is 6.74. The van der Waals surface area contributed by atoms with E-state index in [9.17, 15) is 27.6 Å². The van der Waals surface area contributed by atoms with Crippen molar-refractivity contribution in [2.45, 2.75) is 106 Å². The quantitative estimate of drug-likeness (QED) is 0.360. The van der Waals surface area contributed by atoms with Crippen molar-refractivity contribution in [3.05, 3.63) is 48.7 Å². The summed E-state index contributed by atoms with van der Waals surface area (Å²) in [6, 6.07) is 7.41. The molecule has 51 heavy (non-hydrogen) atoms. The Morgan fingerprint density at radius 3 is 2.61 bits per heavy atom. The van der Waals surface area contributed by atoms with Crippen molar-refractivity contribution in [2.24, 2.45) is 5.92 Å². The van der Waals surface area contributed by atoms with Crippen LogP contribution in [0.1, 0.15) is 70.6 Å². The number of hydrogen-bond donors (Lipinski definition) is 3. The van der Waals surface area contributed by atoms with Gasteiger partial charge in [0.25, 0.3) is 5.91 Å². The van der Waals surface area contributed by atoms with Crippen LogP contribution in [0.15, 0.2) is 48.7 Å². The number of rotatable bonds is 7. The van der Waals surface area contributed by atoms with E-state index in [1.807, 2.05) is 42.5 Å². The maximum atomic E-state index is 14.4. The first-order valence-corrected chi connectivity index (χ1v) is 19.6. The SMILES string of the molecule is O=C(N[C@H]1CCCCC/C=C\[C@H]2C[C@@]2(C(=O)NS(=O)(=O)C2CC2)NC(=O)[C@@H]2C[C@@H](Oc3nccc4ccccc34)CN2C1=O)OC1CCOCC1. The molecule has 1 aromatic heterocycles. The summed E-state index contributed by atoms with van der Waals surface area (Å²) in [5.74, 6) is -1.90. The molecule has 274 valence electrons. The number of hydrogen-bond acceptors (Lipinski definition) is 10. The van der Waals surface area contributed by atoms with E-state index in [4.69, 9.17) is 14.2 Å². The zero-order valence-corrected chi connectivity index (χ0v) is 29.3. The monoisotopic (exact) mass is 723 g/mol. The average Bonchev–Trinajstić information content (AvgIpc) is 4.04. The first kappa shape index (κ1) is 35.2. The third kappa shape index (κ3) is 7.98. The number of ether oxygens (including phenoxy) is 3. The maximum absolute atomic E-state index is 14.4. The molecule has 0 radical (unpaired) electrons. The number of sulfonamides is 1. The molecule has 2 aliphatic carbocycles. The van der Waals surface area contributed by atoms with Crippen LogP contribution in [0.3, 0.4) is 0 Å². The molecule has 0 unspecified atom stereocenters. The van der Waals surface area contributed by atoms with Crippen molar-refractivity contribution in [3.8, 4) is 5.88 Å². The lowest BCUT2D eigenvalue weighted by atomic mass is 10.0. The van der Waals surface area contributed by atoms with Gasteiger partial charge in [-0.05, 0) is 56.0 Å². The summed E-state index contributed by atoms with van der Waals surface area (Å²) in [4.78, 5) is 61.3. The largest absolute Gasteiger partial charge is 0.472 e. The van der Waals surface area contributed by atoms with Gasteiger partial charge in [0.05, 0.1) is 25.0 Å². The Hall–Kier alpha value is -4.24. The third-order valence-electron chi connectivity index (χ3n) is 10.5. The van der Waals surface area contributed by atoms with Gasteiger partial charge in [0.1, 0.15) is 29.8 Å². The minimum atomic E-state index is -3.87. The maximum Gasteiger partial charge on any atom is 0.408 e. The number of benzene rings is 1. The molecule has 4 amide bonds. The highest BCUT2D eigenvalue weighted by molar-refractivity contribution is 7.91. The van der Waals surface area contributed by atoms with Gasteiger partial charge in [-0.3, -0.25) is 19.1 Å². The van der Waals surface area contributed by atoms with E-state index in [-0.39, 0.29) is 25.5 Å². The molecule has 5 aliphatic rings. The van der Waals surface area contributed by atoms with Gasteiger partial charge in [-0.2, -0.15) is 0 Å². The highest BCUT2D eigenvalue weighted by Gasteiger charge is 2.62. The molecule has 2 saturated heterocycles. The van der Waals surface area contributed by atoms with Crippen molar-refractivity contribution >= 4 is 44.6 Å². The lowest BCUT2D eigenvalue weighted by molar-refractivity contribution is -0.141. The number of carbonyl (C=O) groups is 4. The summed E-state index contributed by atoms with van der Waals surface area (Å²) < 4.78 is 45.2. The average molecular weight is 724 g/mol. The molecular formula is C36H45N5O9S. The molecule has 2 saturated carbocycles.